The van der Waals surface area contributed by atoms with Crippen molar-refractivity contribution in [1.29, 1.82) is 0 Å². The van der Waals surface area contributed by atoms with Crippen molar-refractivity contribution in [2.75, 3.05) is 42.9 Å². The molecule has 24 heavy (non-hydrogen) atoms. The smallest absolute Gasteiger partial charge is 0.257 e. The minimum absolute atomic E-state index is 0.120. The number of para-hydroxylation sites is 1. The Hall–Kier alpha value is -2.40. The van der Waals surface area contributed by atoms with Gasteiger partial charge in [0.2, 0.25) is 0 Å². The van der Waals surface area contributed by atoms with Crippen LogP contribution >= 0.6 is 0 Å². The zero-order chi connectivity index (χ0) is 16.9. The second-order valence-corrected chi connectivity index (χ2v) is 6.12. The molecule has 1 aliphatic rings. The molecule has 0 atom stereocenters. The van der Waals surface area contributed by atoms with E-state index < -0.39 is 0 Å². The highest BCUT2D eigenvalue weighted by Crippen LogP contribution is 2.19. The summed E-state index contributed by atoms with van der Waals surface area (Å²) in [6.07, 6.45) is 3.46. The third-order valence-electron chi connectivity index (χ3n) is 4.56. The molecule has 0 aliphatic carbocycles. The van der Waals surface area contributed by atoms with Crippen LogP contribution in [0.2, 0.25) is 0 Å². The highest BCUT2D eigenvalue weighted by molar-refractivity contribution is 6.04. The fourth-order valence-corrected chi connectivity index (χ4v) is 2.95. The monoisotopic (exact) mass is 324 g/mol. The average molecular weight is 324 g/mol. The van der Waals surface area contributed by atoms with Crippen LogP contribution in [0.5, 0.6) is 0 Å². The van der Waals surface area contributed by atoms with Crippen molar-refractivity contribution in [2.24, 2.45) is 0 Å². The number of likely N-dealkylation sites (N-methyl/N-ethyl adjacent to an activating group) is 1. The molecule has 0 bridgehead atoms. The maximum atomic E-state index is 12.5. The quantitative estimate of drug-likeness (QED) is 0.939. The first kappa shape index (κ1) is 16.5. The Morgan fingerprint density at radius 1 is 1.17 bits per heavy atom. The largest absolute Gasteiger partial charge is 0.368 e. The number of anilines is 2. The summed E-state index contributed by atoms with van der Waals surface area (Å²) in [7, 11) is 0. The van der Waals surface area contributed by atoms with E-state index in [1.807, 2.05) is 43.5 Å². The number of piperazine rings is 1. The van der Waals surface area contributed by atoms with Crippen molar-refractivity contribution in [3.8, 4) is 0 Å². The molecule has 1 aromatic heterocycles. The van der Waals surface area contributed by atoms with Crippen LogP contribution in [0, 0.1) is 6.92 Å². The third-order valence-corrected chi connectivity index (χ3v) is 4.56. The van der Waals surface area contributed by atoms with Crippen molar-refractivity contribution in [2.45, 2.75) is 13.8 Å². The van der Waals surface area contributed by atoms with E-state index in [9.17, 15) is 4.79 Å². The van der Waals surface area contributed by atoms with E-state index in [0.717, 1.165) is 49.7 Å². The molecule has 5 nitrogen and oxygen atoms in total. The molecule has 0 unspecified atom stereocenters. The van der Waals surface area contributed by atoms with Crippen LogP contribution in [0.25, 0.3) is 0 Å². The van der Waals surface area contributed by atoms with Crippen LogP contribution in [0.3, 0.4) is 0 Å². The van der Waals surface area contributed by atoms with Gasteiger partial charge >= 0.3 is 0 Å². The predicted octanol–water partition coefficient (Wildman–Crippen LogP) is 2.78. The normalized spacial score (nSPS) is 15.3. The van der Waals surface area contributed by atoms with E-state index in [4.69, 9.17) is 0 Å². The van der Waals surface area contributed by atoms with E-state index in [0.29, 0.717) is 5.56 Å². The van der Waals surface area contributed by atoms with Crippen molar-refractivity contribution < 1.29 is 4.79 Å². The van der Waals surface area contributed by atoms with Gasteiger partial charge in [0.05, 0.1) is 17.4 Å². The maximum Gasteiger partial charge on any atom is 0.257 e. The van der Waals surface area contributed by atoms with Gasteiger partial charge in [-0.1, -0.05) is 25.1 Å². The number of rotatable bonds is 4. The molecular formula is C19H24N4O. The first-order valence-electron chi connectivity index (χ1n) is 8.46. The van der Waals surface area contributed by atoms with E-state index in [2.05, 4.69) is 27.0 Å². The van der Waals surface area contributed by atoms with Gasteiger partial charge in [-0.3, -0.25) is 9.78 Å². The molecule has 0 radical (unpaired) electrons. The standard InChI is InChI=1S/C19H24N4O/c1-3-22-8-10-23(11-9-22)17-12-16(13-20-14-17)19(24)21-18-7-5-4-6-15(18)2/h4-7,12-14H,3,8-11H2,1-2H3,(H,21,24). The molecule has 3 rings (SSSR count). The lowest BCUT2D eigenvalue weighted by Gasteiger charge is -2.35. The van der Waals surface area contributed by atoms with E-state index >= 15 is 0 Å². The number of hydrogen-bond donors (Lipinski definition) is 1. The zero-order valence-corrected chi connectivity index (χ0v) is 14.3. The Kier molecular flexibility index (Phi) is 5.11. The zero-order valence-electron chi connectivity index (χ0n) is 14.3. The number of carbonyl (C=O) groups is 1. The molecular weight excluding hydrogens is 300 g/mol. The minimum atomic E-state index is -0.120. The molecule has 2 aromatic rings. The average Bonchev–Trinajstić information content (AvgIpc) is 2.64. The van der Waals surface area contributed by atoms with Gasteiger partial charge in [-0.15, -0.1) is 0 Å². The summed E-state index contributed by atoms with van der Waals surface area (Å²) >= 11 is 0. The number of pyridine rings is 1. The molecule has 0 saturated carbocycles. The van der Waals surface area contributed by atoms with Crippen LogP contribution in [0.1, 0.15) is 22.8 Å². The highest BCUT2D eigenvalue weighted by Gasteiger charge is 2.17. The maximum absolute atomic E-state index is 12.5. The summed E-state index contributed by atoms with van der Waals surface area (Å²) in [5.41, 5.74) is 3.49. The number of hydrogen-bond acceptors (Lipinski definition) is 4. The second kappa shape index (κ2) is 7.45. The van der Waals surface area contributed by atoms with E-state index in [1.54, 1.807) is 6.20 Å². The molecule has 1 aliphatic heterocycles. The molecule has 1 amide bonds. The molecule has 1 aromatic carbocycles. The van der Waals surface area contributed by atoms with Crippen molar-refractivity contribution in [1.82, 2.24) is 9.88 Å². The summed E-state index contributed by atoms with van der Waals surface area (Å²) in [5, 5.41) is 2.97. The van der Waals surface area contributed by atoms with Gasteiger partial charge in [-0.25, -0.2) is 0 Å². The van der Waals surface area contributed by atoms with Crippen LogP contribution in [-0.4, -0.2) is 48.5 Å². The number of benzene rings is 1. The summed E-state index contributed by atoms with van der Waals surface area (Å²) < 4.78 is 0. The number of nitrogens with zero attached hydrogens (tertiary/aromatic N) is 3. The Morgan fingerprint density at radius 3 is 2.62 bits per heavy atom. The number of amides is 1. The lowest BCUT2D eigenvalue weighted by atomic mass is 10.1. The van der Waals surface area contributed by atoms with E-state index in [1.165, 1.54) is 0 Å². The van der Waals surface area contributed by atoms with Gasteiger partial charge < -0.3 is 15.1 Å². The number of aryl methyl sites for hydroxylation is 1. The second-order valence-electron chi connectivity index (χ2n) is 6.12. The minimum Gasteiger partial charge on any atom is -0.368 e. The lowest BCUT2D eigenvalue weighted by molar-refractivity contribution is 0.102. The van der Waals surface area contributed by atoms with Crippen LogP contribution in [0.4, 0.5) is 11.4 Å². The first-order chi connectivity index (χ1) is 11.7. The summed E-state index contributed by atoms with van der Waals surface area (Å²) in [6, 6.07) is 9.71. The Balaban J connectivity index is 1.71. The topological polar surface area (TPSA) is 48.5 Å². The third kappa shape index (κ3) is 3.74. The summed E-state index contributed by atoms with van der Waals surface area (Å²) in [4.78, 5) is 21.5. The Labute approximate surface area is 143 Å². The van der Waals surface area contributed by atoms with Crippen molar-refractivity contribution in [3.63, 3.8) is 0 Å². The molecule has 1 fully saturated rings. The van der Waals surface area contributed by atoms with Gasteiger partial charge in [-0.05, 0) is 31.2 Å². The van der Waals surface area contributed by atoms with Gasteiger partial charge in [-0.2, -0.15) is 0 Å². The van der Waals surface area contributed by atoms with Crippen LogP contribution in [-0.2, 0) is 0 Å². The van der Waals surface area contributed by atoms with Crippen molar-refractivity contribution >= 4 is 17.3 Å². The number of nitrogens with one attached hydrogen (secondary N) is 1. The first-order valence-corrected chi connectivity index (χ1v) is 8.46. The molecule has 1 N–H and O–H groups in total. The van der Waals surface area contributed by atoms with Gasteiger partial charge in [0.1, 0.15) is 0 Å². The molecule has 1 saturated heterocycles. The molecule has 5 heteroatoms. The van der Waals surface area contributed by atoms with Gasteiger partial charge in [0.25, 0.3) is 5.91 Å². The van der Waals surface area contributed by atoms with Gasteiger partial charge in [0.15, 0.2) is 0 Å². The Morgan fingerprint density at radius 2 is 1.92 bits per heavy atom. The highest BCUT2D eigenvalue weighted by atomic mass is 16.1. The number of carbonyl (C=O) groups excluding carboxylic acids is 1. The van der Waals surface area contributed by atoms with Crippen LogP contribution in [0.15, 0.2) is 42.7 Å². The van der Waals surface area contributed by atoms with Gasteiger partial charge in [0, 0.05) is 38.1 Å². The van der Waals surface area contributed by atoms with E-state index in [-0.39, 0.29) is 5.91 Å². The molecule has 2 heterocycles. The summed E-state index contributed by atoms with van der Waals surface area (Å²) in [6.45, 7) is 9.30. The van der Waals surface area contributed by atoms with Crippen molar-refractivity contribution in [3.05, 3.63) is 53.9 Å². The lowest BCUT2D eigenvalue weighted by Crippen LogP contribution is -2.46. The fourth-order valence-electron chi connectivity index (χ4n) is 2.95. The Bertz CT molecular complexity index is 708. The predicted molar refractivity (Wildman–Crippen MR) is 97.7 cm³/mol. The number of aromatic nitrogens is 1. The SMILES string of the molecule is CCN1CCN(c2cncc(C(=O)Nc3ccccc3C)c2)CC1. The molecule has 0 spiro atoms. The summed E-state index contributed by atoms with van der Waals surface area (Å²) in [5.74, 6) is -0.120. The van der Waals surface area contributed by atoms with Crippen LogP contribution < -0.4 is 10.2 Å². The fraction of sp³-hybridized carbons (Fsp3) is 0.368. The molecule has 126 valence electrons.